The number of halogens is 1. The molecule has 0 rings (SSSR count). The standard InChI is InChI=1S/2C4H9.ClH.Sn/c2*1-4(2)3;;/h2*1-3H3;1H;/q;;;+1/p-1. The second kappa shape index (κ2) is 3.22. The van der Waals surface area contributed by atoms with Crippen LogP contribution in [0.1, 0.15) is 41.5 Å². The van der Waals surface area contributed by atoms with E-state index in [1.54, 1.807) is 0 Å². The molecule has 0 bridgehead atoms. The molecular weight excluding hydrogens is 250 g/mol. The number of rotatable bonds is 0. The van der Waals surface area contributed by atoms with Crippen LogP contribution in [0.4, 0.5) is 0 Å². The molecule has 2 heteroatoms. The predicted octanol–water partition coefficient (Wildman–Crippen LogP) is 3.82. The van der Waals surface area contributed by atoms with Crippen LogP contribution in [0.3, 0.4) is 0 Å². The Kier molecular flexibility index (Phi) is 3.57. The molecule has 0 atom stereocenters. The first-order chi connectivity index (χ1) is 4.15. The van der Waals surface area contributed by atoms with Crippen molar-refractivity contribution in [2.75, 3.05) is 0 Å². The van der Waals surface area contributed by atoms with Crippen LogP contribution >= 0.6 is 8.92 Å². The Bertz CT molecular complexity index is 93.4. The molecule has 0 aliphatic rings. The summed E-state index contributed by atoms with van der Waals surface area (Å²) in [5.74, 6) is 0. The van der Waals surface area contributed by atoms with Gasteiger partial charge in [-0.1, -0.05) is 0 Å². The average molecular weight is 268 g/mol. The van der Waals surface area contributed by atoms with Crippen molar-refractivity contribution in [3.05, 3.63) is 0 Å². The van der Waals surface area contributed by atoms with Gasteiger partial charge in [-0.05, 0) is 0 Å². The first-order valence-electron chi connectivity index (χ1n) is 3.69. The van der Waals surface area contributed by atoms with E-state index in [2.05, 4.69) is 41.5 Å². The summed E-state index contributed by atoms with van der Waals surface area (Å²) in [7, 11) is 6.43. The van der Waals surface area contributed by atoms with Crippen molar-refractivity contribution in [3.63, 3.8) is 0 Å². The molecule has 0 aromatic rings. The van der Waals surface area contributed by atoms with Gasteiger partial charge in [0, 0.05) is 0 Å². The Morgan fingerprint density at radius 2 is 1.00 bits per heavy atom. The molecule has 61 valence electrons. The van der Waals surface area contributed by atoms with Crippen LogP contribution in [0.2, 0.25) is 6.86 Å². The molecule has 0 saturated carbocycles. The van der Waals surface area contributed by atoms with Gasteiger partial charge in [-0.3, -0.25) is 0 Å². The first kappa shape index (κ1) is 11.1. The van der Waals surface area contributed by atoms with Crippen molar-refractivity contribution in [1.29, 1.82) is 0 Å². The monoisotopic (exact) mass is 269 g/mol. The Morgan fingerprint density at radius 3 is 1.00 bits per heavy atom. The molecule has 0 unspecified atom stereocenters. The van der Waals surface area contributed by atoms with Crippen molar-refractivity contribution < 1.29 is 0 Å². The molecule has 0 aliphatic carbocycles. The maximum absolute atomic E-state index is 6.43. The van der Waals surface area contributed by atoms with E-state index in [1.165, 1.54) is 0 Å². The van der Waals surface area contributed by atoms with Gasteiger partial charge in [-0.15, -0.1) is 0 Å². The summed E-state index contributed by atoms with van der Waals surface area (Å²) in [5.41, 5.74) is 0. The SMILES string of the molecule is C[C](C)(C)[Sn]([Cl])[C](C)(C)C. The van der Waals surface area contributed by atoms with Gasteiger partial charge in [-0.25, -0.2) is 0 Å². The maximum atomic E-state index is 6.43. The van der Waals surface area contributed by atoms with Gasteiger partial charge in [0.25, 0.3) is 0 Å². The molecular formula is C8H18ClSn. The second-order valence-electron chi connectivity index (χ2n) is 4.81. The number of hydrogen-bond donors (Lipinski definition) is 0. The number of hydrogen-bond acceptors (Lipinski definition) is 0. The molecule has 0 aromatic heterocycles. The summed E-state index contributed by atoms with van der Waals surface area (Å²) in [6, 6.07) is 0. The Balaban J connectivity index is 4.23. The van der Waals surface area contributed by atoms with Crippen LogP contribution in [0, 0.1) is 0 Å². The normalized spacial score (nSPS) is 14.4. The fourth-order valence-corrected chi connectivity index (χ4v) is 7.55. The van der Waals surface area contributed by atoms with E-state index in [0.29, 0.717) is 6.86 Å². The summed E-state index contributed by atoms with van der Waals surface area (Å²) < 4.78 is 0.810. The first-order valence-corrected chi connectivity index (χ1v) is 10.2. The molecule has 10 heavy (non-hydrogen) atoms. The van der Waals surface area contributed by atoms with Gasteiger partial charge in [-0.2, -0.15) is 0 Å². The van der Waals surface area contributed by atoms with Crippen LogP contribution in [-0.2, 0) is 0 Å². The van der Waals surface area contributed by atoms with Gasteiger partial charge < -0.3 is 0 Å². The molecule has 0 nitrogen and oxygen atoms in total. The quantitative estimate of drug-likeness (QED) is 0.586. The van der Waals surface area contributed by atoms with Crippen LogP contribution < -0.4 is 0 Å². The summed E-state index contributed by atoms with van der Waals surface area (Å²) in [5, 5.41) is 0. The molecule has 1 radical (unpaired) electrons. The van der Waals surface area contributed by atoms with Crippen LogP contribution in [0.15, 0.2) is 0 Å². The molecule has 0 aromatic carbocycles. The summed E-state index contributed by atoms with van der Waals surface area (Å²) in [6.07, 6.45) is 0. The predicted molar refractivity (Wildman–Crippen MR) is 51.0 cm³/mol. The van der Waals surface area contributed by atoms with E-state index in [-0.39, 0.29) is 0 Å². The van der Waals surface area contributed by atoms with E-state index in [9.17, 15) is 0 Å². The molecule has 0 amide bonds. The van der Waals surface area contributed by atoms with E-state index in [4.69, 9.17) is 8.92 Å². The van der Waals surface area contributed by atoms with Crippen molar-refractivity contribution in [1.82, 2.24) is 0 Å². The van der Waals surface area contributed by atoms with Gasteiger partial charge in [0.1, 0.15) is 0 Å². The van der Waals surface area contributed by atoms with Crippen LogP contribution in [0.25, 0.3) is 0 Å². The minimum absolute atomic E-state index is 0.405. The molecule has 0 spiro atoms. The molecule has 0 heterocycles. The summed E-state index contributed by atoms with van der Waals surface area (Å²) in [6.45, 7) is 13.6. The van der Waals surface area contributed by atoms with Crippen molar-refractivity contribution in [2.45, 2.75) is 48.4 Å². The minimum atomic E-state index is -1.66. The molecule has 0 N–H and O–H groups in total. The van der Waals surface area contributed by atoms with E-state index < -0.39 is 18.6 Å². The molecule has 0 saturated heterocycles. The molecule has 0 aliphatic heterocycles. The topological polar surface area (TPSA) is 0 Å². The van der Waals surface area contributed by atoms with Crippen molar-refractivity contribution in [2.24, 2.45) is 0 Å². The van der Waals surface area contributed by atoms with Gasteiger partial charge in [0.05, 0.1) is 0 Å². The fraction of sp³-hybridized carbons (Fsp3) is 1.00. The third-order valence-electron chi connectivity index (χ3n) is 1.32. The Labute approximate surface area is 75.8 Å². The van der Waals surface area contributed by atoms with Gasteiger partial charge in [0.15, 0.2) is 0 Å². The zero-order valence-corrected chi connectivity index (χ0v) is 11.5. The zero-order valence-electron chi connectivity index (χ0n) is 7.88. The van der Waals surface area contributed by atoms with Crippen LogP contribution in [0.5, 0.6) is 0 Å². The van der Waals surface area contributed by atoms with Crippen molar-refractivity contribution >= 4 is 27.6 Å². The fourth-order valence-electron chi connectivity index (χ4n) is 1.12. The van der Waals surface area contributed by atoms with E-state index in [0.717, 1.165) is 0 Å². The second-order valence-corrected chi connectivity index (χ2v) is 17.7. The Morgan fingerprint density at radius 1 is 0.800 bits per heavy atom. The zero-order chi connectivity index (χ0) is 8.58. The van der Waals surface area contributed by atoms with Gasteiger partial charge in [0.2, 0.25) is 0 Å². The Hall–Kier alpha value is 1.09. The van der Waals surface area contributed by atoms with Gasteiger partial charge >= 0.3 is 76.0 Å². The van der Waals surface area contributed by atoms with Crippen LogP contribution in [-0.4, -0.2) is 18.6 Å². The average Bonchev–Trinajstić information content (AvgIpc) is 1.59. The van der Waals surface area contributed by atoms with Crippen molar-refractivity contribution in [3.8, 4) is 0 Å². The molecule has 0 fully saturated rings. The van der Waals surface area contributed by atoms with E-state index in [1.807, 2.05) is 0 Å². The van der Waals surface area contributed by atoms with E-state index >= 15 is 0 Å². The summed E-state index contributed by atoms with van der Waals surface area (Å²) >= 11 is -1.66. The summed E-state index contributed by atoms with van der Waals surface area (Å²) in [4.78, 5) is 0. The third kappa shape index (κ3) is 3.47. The third-order valence-corrected chi connectivity index (χ3v) is 16.4.